The largest absolute Gasteiger partial charge is 0.298 e. The number of rotatable bonds is 17. The smallest absolute Gasteiger partial charge is 0.150 e. The van der Waals surface area contributed by atoms with Crippen LogP contribution in [0.3, 0.4) is 0 Å². The molecule has 1 aromatic carbocycles. The van der Waals surface area contributed by atoms with E-state index in [4.69, 9.17) is 0 Å². The molecule has 0 aliphatic heterocycles. The molecule has 0 aromatic heterocycles. The van der Waals surface area contributed by atoms with Crippen molar-refractivity contribution in [2.24, 2.45) is 0 Å². The Labute approximate surface area is 162 Å². The van der Waals surface area contributed by atoms with E-state index in [1.165, 1.54) is 95.5 Å². The molecule has 0 heterocycles. The minimum absolute atomic E-state index is 0.773. The molecule has 0 saturated heterocycles. The van der Waals surface area contributed by atoms with Crippen molar-refractivity contribution in [3.8, 4) is 0 Å². The molecule has 0 unspecified atom stereocenters. The van der Waals surface area contributed by atoms with Gasteiger partial charge in [-0.1, -0.05) is 101 Å². The molecule has 146 valence electrons. The Kier molecular flexibility index (Phi) is 14.9. The first-order valence-electron chi connectivity index (χ1n) is 11.1. The first-order chi connectivity index (χ1) is 12.9. The van der Waals surface area contributed by atoms with Gasteiger partial charge in [0.05, 0.1) is 0 Å². The summed E-state index contributed by atoms with van der Waals surface area (Å²) in [6.45, 7) is 2.28. The first kappa shape index (κ1) is 22.7. The lowest BCUT2D eigenvalue weighted by Crippen LogP contribution is -1.87. The van der Waals surface area contributed by atoms with Crippen molar-refractivity contribution in [2.75, 3.05) is 0 Å². The average molecular weight is 357 g/mol. The highest BCUT2D eigenvalue weighted by molar-refractivity contribution is 5.74. The molecular formula is C25H40O. The molecule has 0 aliphatic carbocycles. The molecule has 1 rings (SSSR count). The predicted octanol–water partition coefficient (Wildman–Crippen LogP) is 8.08. The third kappa shape index (κ3) is 12.9. The number of aldehydes is 1. The van der Waals surface area contributed by atoms with Gasteiger partial charge in [0.2, 0.25) is 0 Å². The SMILES string of the molecule is CCCCCCCC/C=C\CCCCCCCCc1ccc(C=O)cc1. The lowest BCUT2D eigenvalue weighted by Gasteiger charge is -2.02. The van der Waals surface area contributed by atoms with E-state index < -0.39 is 0 Å². The summed E-state index contributed by atoms with van der Waals surface area (Å²) in [6, 6.07) is 8.01. The lowest BCUT2D eigenvalue weighted by atomic mass is 10.0. The van der Waals surface area contributed by atoms with Gasteiger partial charge in [0.15, 0.2) is 0 Å². The Hall–Kier alpha value is -1.37. The summed E-state index contributed by atoms with van der Waals surface area (Å²) in [5, 5.41) is 0. The van der Waals surface area contributed by atoms with E-state index in [1.54, 1.807) is 0 Å². The summed E-state index contributed by atoms with van der Waals surface area (Å²) in [5.74, 6) is 0. The number of allylic oxidation sites excluding steroid dienone is 2. The van der Waals surface area contributed by atoms with Gasteiger partial charge in [0.1, 0.15) is 6.29 Å². The van der Waals surface area contributed by atoms with Crippen LogP contribution in [0.1, 0.15) is 113 Å². The van der Waals surface area contributed by atoms with E-state index >= 15 is 0 Å². The highest BCUT2D eigenvalue weighted by Gasteiger charge is 1.95. The van der Waals surface area contributed by atoms with Crippen molar-refractivity contribution < 1.29 is 4.79 Å². The fourth-order valence-electron chi connectivity index (χ4n) is 3.34. The third-order valence-corrected chi connectivity index (χ3v) is 5.09. The molecule has 0 atom stereocenters. The quantitative estimate of drug-likeness (QED) is 0.157. The number of carbonyl (C=O) groups excluding carboxylic acids is 1. The molecule has 0 bridgehead atoms. The molecule has 0 N–H and O–H groups in total. The first-order valence-corrected chi connectivity index (χ1v) is 11.1. The summed E-state index contributed by atoms with van der Waals surface area (Å²) < 4.78 is 0. The van der Waals surface area contributed by atoms with Crippen molar-refractivity contribution in [2.45, 2.75) is 103 Å². The summed E-state index contributed by atoms with van der Waals surface area (Å²) in [6.07, 6.45) is 25.8. The highest BCUT2D eigenvalue weighted by atomic mass is 16.1. The van der Waals surface area contributed by atoms with Crippen LogP contribution in [-0.2, 0) is 6.42 Å². The van der Waals surface area contributed by atoms with Crippen LogP contribution in [0.4, 0.5) is 0 Å². The van der Waals surface area contributed by atoms with Gasteiger partial charge in [-0.3, -0.25) is 4.79 Å². The average Bonchev–Trinajstić information content (AvgIpc) is 2.68. The van der Waals surface area contributed by atoms with E-state index in [-0.39, 0.29) is 0 Å². The zero-order chi connectivity index (χ0) is 18.7. The van der Waals surface area contributed by atoms with Crippen LogP contribution in [0.25, 0.3) is 0 Å². The van der Waals surface area contributed by atoms with Crippen LogP contribution < -0.4 is 0 Å². The molecule has 0 saturated carbocycles. The molecule has 1 aromatic rings. The second kappa shape index (κ2) is 17.1. The van der Waals surface area contributed by atoms with Crippen LogP contribution in [0.2, 0.25) is 0 Å². The molecule has 1 nitrogen and oxygen atoms in total. The highest BCUT2D eigenvalue weighted by Crippen LogP contribution is 2.12. The summed E-state index contributed by atoms with van der Waals surface area (Å²) in [5.41, 5.74) is 2.13. The Balaban J connectivity index is 1.82. The second-order valence-electron chi connectivity index (χ2n) is 7.55. The van der Waals surface area contributed by atoms with Crippen LogP contribution >= 0.6 is 0 Å². The summed E-state index contributed by atoms with van der Waals surface area (Å²) in [4.78, 5) is 10.6. The number of carbonyl (C=O) groups is 1. The van der Waals surface area contributed by atoms with Gasteiger partial charge < -0.3 is 0 Å². The van der Waals surface area contributed by atoms with Crippen LogP contribution in [0.5, 0.6) is 0 Å². The van der Waals surface area contributed by atoms with Crippen molar-refractivity contribution in [1.82, 2.24) is 0 Å². The molecule has 0 spiro atoms. The van der Waals surface area contributed by atoms with Gasteiger partial charge in [-0.05, 0) is 44.1 Å². The number of aryl methyl sites for hydroxylation is 1. The molecular weight excluding hydrogens is 316 g/mol. The monoisotopic (exact) mass is 356 g/mol. The molecule has 0 radical (unpaired) electrons. The van der Waals surface area contributed by atoms with Crippen molar-refractivity contribution in [3.63, 3.8) is 0 Å². The lowest BCUT2D eigenvalue weighted by molar-refractivity contribution is 0.112. The van der Waals surface area contributed by atoms with Gasteiger partial charge in [-0.2, -0.15) is 0 Å². The maximum absolute atomic E-state index is 10.6. The number of hydrogen-bond donors (Lipinski definition) is 0. The van der Waals surface area contributed by atoms with Crippen molar-refractivity contribution >= 4 is 6.29 Å². The molecule has 0 fully saturated rings. The normalized spacial score (nSPS) is 11.3. The fraction of sp³-hybridized carbons (Fsp3) is 0.640. The van der Waals surface area contributed by atoms with Crippen LogP contribution in [0.15, 0.2) is 36.4 Å². The zero-order valence-corrected chi connectivity index (χ0v) is 17.1. The van der Waals surface area contributed by atoms with Crippen molar-refractivity contribution in [1.29, 1.82) is 0 Å². The second-order valence-corrected chi connectivity index (χ2v) is 7.55. The summed E-state index contributed by atoms with van der Waals surface area (Å²) >= 11 is 0. The minimum Gasteiger partial charge on any atom is -0.298 e. The molecule has 26 heavy (non-hydrogen) atoms. The van der Waals surface area contributed by atoms with Crippen LogP contribution in [-0.4, -0.2) is 6.29 Å². The minimum atomic E-state index is 0.773. The predicted molar refractivity (Wildman–Crippen MR) is 115 cm³/mol. The maximum Gasteiger partial charge on any atom is 0.150 e. The Morgan fingerprint density at radius 2 is 1.15 bits per heavy atom. The Morgan fingerprint density at radius 3 is 1.69 bits per heavy atom. The van der Waals surface area contributed by atoms with Crippen molar-refractivity contribution in [3.05, 3.63) is 47.5 Å². The maximum atomic E-state index is 10.6. The Morgan fingerprint density at radius 1 is 0.654 bits per heavy atom. The summed E-state index contributed by atoms with van der Waals surface area (Å²) in [7, 11) is 0. The number of hydrogen-bond acceptors (Lipinski definition) is 1. The number of unbranched alkanes of at least 4 members (excludes halogenated alkanes) is 12. The number of benzene rings is 1. The van der Waals surface area contributed by atoms with E-state index in [1.807, 2.05) is 12.1 Å². The van der Waals surface area contributed by atoms with E-state index in [0.29, 0.717) is 0 Å². The van der Waals surface area contributed by atoms with Gasteiger partial charge in [0, 0.05) is 5.56 Å². The van der Waals surface area contributed by atoms with Gasteiger partial charge in [-0.15, -0.1) is 0 Å². The zero-order valence-electron chi connectivity index (χ0n) is 17.1. The molecule has 1 heteroatoms. The van der Waals surface area contributed by atoms with E-state index in [0.717, 1.165) is 18.3 Å². The molecule has 0 amide bonds. The van der Waals surface area contributed by atoms with Gasteiger partial charge in [-0.25, -0.2) is 0 Å². The topological polar surface area (TPSA) is 17.1 Å². The fourth-order valence-corrected chi connectivity index (χ4v) is 3.34. The van der Waals surface area contributed by atoms with Crippen LogP contribution in [0, 0.1) is 0 Å². The van der Waals surface area contributed by atoms with Gasteiger partial charge in [0.25, 0.3) is 0 Å². The van der Waals surface area contributed by atoms with Gasteiger partial charge >= 0.3 is 0 Å². The van der Waals surface area contributed by atoms with E-state index in [9.17, 15) is 4.79 Å². The molecule has 0 aliphatic rings. The standard InChI is InChI=1S/C25H40O/c1-2-3-4-5-6-7-8-9-10-11-12-13-14-15-16-17-18-24-19-21-25(23-26)22-20-24/h9-10,19-23H,2-8,11-18H2,1H3/b10-9-. The van der Waals surface area contributed by atoms with E-state index in [2.05, 4.69) is 31.2 Å². The Bertz CT molecular complexity index is 458. The third-order valence-electron chi connectivity index (χ3n) is 5.09.